The van der Waals surface area contributed by atoms with Gasteiger partial charge in [-0.3, -0.25) is 0 Å². The van der Waals surface area contributed by atoms with E-state index in [1.807, 2.05) is 0 Å². The van der Waals surface area contributed by atoms with Crippen molar-refractivity contribution in [3.63, 3.8) is 0 Å². The first-order valence-corrected chi connectivity index (χ1v) is 8.57. The molecule has 0 bridgehead atoms. The monoisotopic (exact) mass is 201 g/mol. The first-order chi connectivity index (χ1) is 5.98. The zero-order valence-electron chi connectivity index (χ0n) is 9.89. The zero-order chi connectivity index (χ0) is 10.3. The van der Waals surface area contributed by atoms with Gasteiger partial charge in [0.15, 0.2) is 8.32 Å². The van der Waals surface area contributed by atoms with Crippen LogP contribution in [0, 0.1) is 12.3 Å². The molecule has 1 radical (unpaired) electrons. The van der Waals surface area contributed by atoms with E-state index in [-0.39, 0.29) is 0 Å². The van der Waals surface area contributed by atoms with E-state index in [2.05, 4.69) is 40.3 Å². The van der Waals surface area contributed by atoms with Gasteiger partial charge in [0.1, 0.15) is 0 Å². The van der Waals surface area contributed by atoms with Crippen molar-refractivity contribution in [3.8, 4) is 0 Å². The summed E-state index contributed by atoms with van der Waals surface area (Å²) in [5.41, 5.74) is 0. The summed E-state index contributed by atoms with van der Waals surface area (Å²) in [5.74, 6) is 0.733. The first kappa shape index (κ1) is 13.2. The lowest BCUT2D eigenvalue weighted by atomic mass is 10.1. The molecule has 0 saturated heterocycles. The lowest BCUT2D eigenvalue weighted by Crippen LogP contribution is -2.29. The second kappa shape index (κ2) is 6.60. The highest BCUT2D eigenvalue weighted by atomic mass is 28.4. The molecule has 2 heteroatoms. The molecule has 0 fully saturated rings. The van der Waals surface area contributed by atoms with Gasteiger partial charge in [-0.25, -0.2) is 0 Å². The molecule has 0 atom stereocenters. The summed E-state index contributed by atoms with van der Waals surface area (Å²) < 4.78 is 5.76. The molecule has 79 valence electrons. The predicted octanol–water partition coefficient (Wildman–Crippen LogP) is 3.87. The van der Waals surface area contributed by atoms with E-state index >= 15 is 0 Å². The molecule has 0 N–H and O–H groups in total. The molecule has 0 aliphatic rings. The molecule has 0 heterocycles. The van der Waals surface area contributed by atoms with Gasteiger partial charge < -0.3 is 4.43 Å². The molecule has 0 amide bonds. The largest absolute Gasteiger partial charge is 0.418 e. The third-order valence-corrected chi connectivity index (χ3v) is 4.78. The number of hydrogen-bond acceptors (Lipinski definition) is 1. The highest BCUT2D eigenvalue weighted by Crippen LogP contribution is 2.16. The fraction of sp³-hybridized carbons (Fsp3) is 0.909. The Morgan fingerprint density at radius 3 is 2.38 bits per heavy atom. The SMILES string of the molecule is CCO[Si](C)(C)CCC[CH]C(C)C. The maximum Gasteiger partial charge on any atom is 0.186 e. The number of rotatable bonds is 7. The Kier molecular flexibility index (Phi) is 6.69. The lowest BCUT2D eigenvalue weighted by molar-refractivity contribution is 0.328. The highest BCUT2D eigenvalue weighted by molar-refractivity contribution is 6.71. The van der Waals surface area contributed by atoms with E-state index in [0.717, 1.165) is 12.5 Å². The van der Waals surface area contributed by atoms with Crippen LogP contribution in [0.2, 0.25) is 19.1 Å². The number of unbranched alkanes of at least 4 members (excludes halogenated alkanes) is 1. The van der Waals surface area contributed by atoms with Crippen LogP contribution in [0.25, 0.3) is 0 Å². The minimum atomic E-state index is -1.30. The molecule has 0 saturated carbocycles. The summed E-state index contributed by atoms with van der Waals surface area (Å²) in [6, 6.07) is 1.30. The van der Waals surface area contributed by atoms with Crippen molar-refractivity contribution in [2.75, 3.05) is 6.61 Å². The van der Waals surface area contributed by atoms with Gasteiger partial charge in [0, 0.05) is 6.61 Å². The molecule has 0 unspecified atom stereocenters. The van der Waals surface area contributed by atoms with Gasteiger partial charge in [-0.1, -0.05) is 26.7 Å². The smallest absolute Gasteiger partial charge is 0.186 e. The maximum atomic E-state index is 5.76. The summed E-state index contributed by atoms with van der Waals surface area (Å²) in [7, 11) is -1.30. The standard InChI is InChI=1S/C11H25OSi/c1-6-12-13(4,5)10-8-7-9-11(2)3/h9,11H,6-8,10H2,1-5H3. The van der Waals surface area contributed by atoms with Gasteiger partial charge in [0.25, 0.3) is 0 Å². The van der Waals surface area contributed by atoms with Crippen LogP contribution < -0.4 is 0 Å². The molecule has 13 heavy (non-hydrogen) atoms. The second-order valence-electron chi connectivity index (χ2n) is 4.56. The minimum Gasteiger partial charge on any atom is -0.418 e. The third-order valence-electron chi connectivity index (χ3n) is 2.16. The van der Waals surface area contributed by atoms with Crippen LogP contribution in [0.5, 0.6) is 0 Å². The summed E-state index contributed by atoms with van der Waals surface area (Å²) in [6.45, 7) is 12.1. The summed E-state index contributed by atoms with van der Waals surface area (Å²) >= 11 is 0. The predicted molar refractivity (Wildman–Crippen MR) is 62.3 cm³/mol. The normalized spacial score (nSPS) is 12.5. The molecular weight excluding hydrogens is 176 g/mol. The Labute approximate surface area is 85.0 Å². The zero-order valence-corrected chi connectivity index (χ0v) is 10.9. The van der Waals surface area contributed by atoms with Crippen LogP contribution in [0.15, 0.2) is 0 Å². The van der Waals surface area contributed by atoms with E-state index < -0.39 is 8.32 Å². The molecular formula is C11H25OSi. The van der Waals surface area contributed by atoms with Gasteiger partial charge in [-0.15, -0.1) is 0 Å². The van der Waals surface area contributed by atoms with Gasteiger partial charge in [-0.05, 0) is 38.4 Å². The Morgan fingerprint density at radius 1 is 1.31 bits per heavy atom. The molecule has 0 aromatic heterocycles. The molecule has 1 nitrogen and oxygen atoms in total. The average molecular weight is 201 g/mol. The van der Waals surface area contributed by atoms with Crippen LogP contribution >= 0.6 is 0 Å². The fourth-order valence-electron chi connectivity index (χ4n) is 1.44. The Bertz CT molecular complexity index is 121. The van der Waals surface area contributed by atoms with E-state index in [1.165, 1.54) is 18.9 Å². The third kappa shape index (κ3) is 8.51. The van der Waals surface area contributed by atoms with Crippen molar-refractivity contribution in [1.82, 2.24) is 0 Å². The van der Waals surface area contributed by atoms with Gasteiger partial charge in [0.2, 0.25) is 0 Å². The van der Waals surface area contributed by atoms with Crippen LogP contribution in [0.1, 0.15) is 33.6 Å². The fourth-order valence-corrected chi connectivity index (χ4v) is 3.42. The van der Waals surface area contributed by atoms with Crippen molar-refractivity contribution in [1.29, 1.82) is 0 Å². The lowest BCUT2D eigenvalue weighted by Gasteiger charge is -2.21. The first-order valence-electron chi connectivity index (χ1n) is 5.45. The Balaban J connectivity index is 3.40. The molecule has 0 rings (SSSR count). The van der Waals surface area contributed by atoms with E-state index in [0.29, 0.717) is 0 Å². The van der Waals surface area contributed by atoms with Crippen LogP contribution in [-0.4, -0.2) is 14.9 Å². The Hall–Kier alpha value is 0.177. The molecule has 0 aliphatic heterocycles. The average Bonchev–Trinajstić information content (AvgIpc) is 1.98. The molecule has 0 aromatic rings. The summed E-state index contributed by atoms with van der Waals surface area (Å²) in [4.78, 5) is 0. The Morgan fingerprint density at radius 2 is 1.92 bits per heavy atom. The molecule has 0 aliphatic carbocycles. The second-order valence-corrected chi connectivity index (χ2v) is 8.87. The molecule has 0 aromatic carbocycles. The quantitative estimate of drug-likeness (QED) is 0.449. The van der Waals surface area contributed by atoms with Gasteiger partial charge in [0.05, 0.1) is 0 Å². The van der Waals surface area contributed by atoms with Crippen molar-refractivity contribution in [2.24, 2.45) is 5.92 Å². The summed E-state index contributed by atoms with van der Waals surface area (Å²) in [5, 5.41) is 0. The topological polar surface area (TPSA) is 9.23 Å². The maximum absolute atomic E-state index is 5.76. The van der Waals surface area contributed by atoms with Crippen molar-refractivity contribution in [3.05, 3.63) is 6.42 Å². The summed E-state index contributed by atoms with van der Waals surface area (Å²) in [6.07, 6.45) is 4.95. The molecule has 0 spiro atoms. The van der Waals surface area contributed by atoms with Crippen molar-refractivity contribution in [2.45, 2.75) is 52.8 Å². The van der Waals surface area contributed by atoms with E-state index in [9.17, 15) is 0 Å². The minimum absolute atomic E-state index is 0.733. The van der Waals surface area contributed by atoms with Gasteiger partial charge in [-0.2, -0.15) is 0 Å². The van der Waals surface area contributed by atoms with Crippen LogP contribution in [-0.2, 0) is 4.43 Å². The van der Waals surface area contributed by atoms with Crippen LogP contribution in [0.3, 0.4) is 0 Å². The van der Waals surface area contributed by atoms with Crippen molar-refractivity contribution >= 4 is 8.32 Å². The van der Waals surface area contributed by atoms with E-state index in [1.54, 1.807) is 0 Å². The van der Waals surface area contributed by atoms with Gasteiger partial charge >= 0.3 is 0 Å². The number of hydrogen-bond donors (Lipinski definition) is 0. The van der Waals surface area contributed by atoms with E-state index in [4.69, 9.17) is 4.43 Å². The van der Waals surface area contributed by atoms with Crippen LogP contribution in [0.4, 0.5) is 0 Å². The van der Waals surface area contributed by atoms with Crippen molar-refractivity contribution < 1.29 is 4.43 Å². The highest BCUT2D eigenvalue weighted by Gasteiger charge is 2.20.